The Kier molecular flexibility index (Phi) is 6.70. The van der Waals surface area contributed by atoms with E-state index in [1.54, 1.807) is 0 Å². The largest absolute Gasteiger partial charge is 0.480 e. The number of carbonyl (C=O) groups excluding carboxylic acids is 1. The summed E-state index contributed by atoms with van der Waals surface area (Å²) in [5.74, 6) is 1.53. The number of nitrogens with zero attached hydrogens (tertiary/aromatic N) is 1. The van der Waals surface area contributed by atoms with Gasteiger partial charge in [-0.1, -0.05) is 12.1 Å². The molecule has 0 aromatic heterocycles. The summed E-state index contributed by atoms with van der Waals surface area (Å²) >= 11 is 3.45. The molecule has 22 heavy (non-hydrogen) atoms. The fourth-order valence-corrected chi connectivity index (χ4v) is 3.21. The Bertz CT molecular complexity index is 487. The monoisotopic (exact) mass is 368 g/mol. The minimum absolute atomic E-state index is 0.0859. The molecule has 1 N–H and O–H groups in total. The zero-order valence-corrected chi connectivity index (χ0v) is 14.9. The second-order valence-corrected chi connectivity index (χ2v) is 6.71. The van der Waals surface area contributed by atoms with Gasteiger partial charge in [0.1, 0.15) is 5.75 Å². The first kappa shape index (κ1) is 17.3. The van der Waals surface area contributed by atoms with Gasteiger partial charge in [-0.3, -0.25) is 4.79 Å². The summed E-state index contributed by atoms with van der Waals surface area (Å²) in [7, 11) is 1.99. The number of nitrogens with one attached hydrogen (secondary N) is 1. The van der Waals surface area contributed by atoms with Crippen LogP contribution in [0.5, 0.6) is 5.75 Å². The Morgan fingerprint density at radius 3 is 2.73 bits per heavy atom. The molecule has 1 amide bonds. The average molecular weight is 369 g/mol. The number of ether oxygens (including phenoxy) is 1. The molecule has 0 saturated carbocycles. The molecule has 1 fully saturated rings. The van der Waals surface area contributed by atoms with Crippen LogP contribution in [-0.2, 0) is 4.79 Å². The summed E-state index contributed by atoms with van der Waals surface area (Å²) in [6.45, 7) is 4.57. The lowest BCUT2D eigenvalue weighted by Gasteiger charge is -2.33. The molecular formula is C17H25BrN2O2. The Balaban J connectivity index is 1.83. The van der Waals surface area contributed by atoms with Crippen LogP contribution in [0.25, 0.3) is 0 Å². The summed E-state index contributed by atoms with van der Waals surface area (Å²) in [5, 5.41) is 3.19. The van der Waals surface area contributed by atoms with Crippen LogP contribution in [0.3, 0.4) is 0 Å². The van der Waals surface area contributed by atoms with Crippen LogP contribution in [-0.4, -0.2) is 43.6 Å². The van der Waals surface area contributed by atoms with Crippen molar-refractivity contribution in [3.8, 4) is 5.75 Å². The van der Waals surface area contributed by atoms with E-state index in [2.05, 4.69) is 21.2 Å². The molecule has 1 atom stereocenters. The molecular weight excluding hydrogens is 344 g/mol. The zero-order valence-electron chi connectivity index (χ0n) is 13.3. The number of para-hydroxylation sites is 1. The number of likely N-dealkylation sites (tertiary alicyclic amines) is 1. The summed E-state index contributed by atoms with van der Waals surface area (Å²) < 4.78 is 6.68. The maximum absolute atomic E-state index is 12.5. The van der Waals surface area contributed by atoms with E-state index in [0.717, 1.165) is 42.9 Å². The quantitative estimate of drug-likeness (QED) is 0.838. The number of hydrogen-bond acceptors (Lipinski definition) is 3. The molecule has 1 unspecified atom stereocenters. The fraction of sp³-hybridized carbons (Fsp3) is 0.588. The highest BCUT2D eigenvalue weighted by Crippen LogP contribution is 2.26. The molecule has 4 nitrogen and oxygen atoms in total. The van der Waals surface area contributed by atoms with E-state index in [-0.39, 0.29) is 5.91 Å². The molecule has 2 rings (SSSR count). The Hall–Kier alpha value is -1.07. The topological polar surface area (TPSA) is 41.6 Å². The number of carbonyl (C=O) groups is 1. The summed E-state index contributed by atoms with van der Waals surface area (Å²) in [4.78, 5) is 14.4. The summed E-state index contributed by atoms with van der Waals surface area (Å²) in [6.07, 6.45) is 2.93. The lowest BCUT2D eigenvalue weighted by Crippen LogP contribution is -2.45. The third-order valence-corrected chi connectivity index (χ3v) is 4.87. The predicted molar refractivity (Wildman–Crippen MR) is 92.1 cm³/mol. The Morgan fingerprint density at radius 1 is 1.41 bits per heavy atom. The van der Waals surface area contributed by atoms with E-state index in [1.807, 2.05) is 43.1 Å². The second-order valence-electron chi connectivity index (χ2n) is 5.85. The second kappa shape index (κ2) is 8.53. The van der Waals surface area contributed by atoms with Crippen molar-refractivity contribution in [2.45, 2.75) is 32.3 Å². The van der Waals surface area contributed by atoms with Crippen molar-refractivity contribution in [1.29, 1.82) is 0 Å². The molecule has 0 spiro atoms. The van der Waals surface area contributed by atoms with Gasteiger partial charge in [-0.25, -0.2) is 0 Å². The fourth-order valence-electron chi connectivity index (χ4n) is 2.83. The number of hydrogen-bond donors (Lipinski definition) is 1. The molecule has 0 bridgehead atoms. The number of rotatable bonds is 6. The Morgan fingerprint density at radius 2 is 2.09 bits per heavy atom. The molecule has 1 saturated heterocycles. The van der Waals surface area contributed by atoms with Gasteiger partial charge in [-0.2, -0.15) is 0 Å². The van der Waals surface area contributed by atoms with E-state index >= 15 is 0 Å². The van der Waals surface area contributed by atoms with Crippen LogP contribution in [0.2, 0.25) is 0 Å². The first-order chi connectivity index (χ1) is 10.6. The maximum atomic E-state index is 12.5. The molecule has 0 radical (unpaired) electrons. The molecule has 1 aromatic carbocycles. The van der Waals surface area contributed by atoms with Gasteiger partial charge >= 0.3 is 0 Å². The van der Waals surface area contributed by atoms with Crippen molar-refractivity contribution in [3.05, 3.63) is 28.7 Å². The van der Waals surface area contributed by atoms with Gasteiger partial charge in [-0.05, 0) is 73.8 Å². The molecule has 1 aliphatic rings. The predicted octanol–water partition coefficient (Wildman–Crippen LogP) is 3.06. The molecule has 0 aliphatic carbocycles. The third kappa shape index (κ3) is 4.71. The lowest BCUT2D eigenvalue weighted by molar-refractivity contribution is -0.139. The first-order valence-electron chi connectivity index (χ1n) is 7.96. The van der Waals surface area contributed by atoms with Crippen LogP contribution in [0.15, 0.2) is 28.7 Å². The van der Waals surface area contributed by atoms with Gasteiger partial charge in [0.2, 0.25) is 0 Å². The van der Waals surface area contributed by atoms with Gasteiger partial charge in [0.25, 0.3) is 5.91 Å². The number of piperidine rings is 1. The minimum Gasteiger partial charge on any atom is -0.480 e. The highest BCUT2D eigenvalue weighted by Gasteiger charge is 2.27. The van der Waals surface area contributed by atoms with Gasteiger partial charge in [0.05, 0.1) is 4.47 Å². The van der Waals surface area contributed by atoms with E-state index in [1.165, 1.54) is 6.42 Å². The zero-order chi connectivity index (χ0) is 15.9. The molecule has 1 aliphatic heterocycles. The minimum atomic E-state index is -0.451. The van der Waals surface area contributed by atoms with Crippen molar-refractivity contribution < 1.29 is 9.53 Å². The first-order valence-corrected chi connectivity index (χ1v) is 8.75. The van der Waals surface area contributed by atoms with Crippen LogP contribution in [0.4, 0.5) is 0 Å². The van der Waals surface area contributed by atoms with Gasteiger partial charge in [-0.15, -0.1) is 0 Å². The number of halogens is 1. The van der Waals surface area contributed by atoms with E-state index in [4.69, 9.17) is 4.74 Å². The standard InChI is InChI=1S/C17H25BrN2O2/c1-13(22-16-6-4-3-5-15(16)18)17(21)20-11-8-14(9-12-20)7-10-19-2/h3-6,13-14,19H,7-12H2,1-2H3. The molecule has 1 heterocycles. The van der Waals surface area contributed by atoms with Crippen molar-refractivity contribution in [1.82, 2.24) is 10.2 Å². The van der Waals surface area contributed by atoms with Crippen molar-refractivity contribution >= 4 is 21.8 Å². The highest BCUT2D eigenvalue weighted by atomic mass is 79.9. The van der Waals surface area contributed by atoms with Crippen LogP contribution >= 0.6 is 15.9 Å². The number of benzene rings is 1. The van der Waals surface area contributed by atoms with E-state index < -0.39 is 6.10 Å². The maximum Gasteiger partial charge on any atom is 0.263 e. The van der Waals surface area contributed by atoms with Crippen molar-refractivity contribution in [2.24, 2.45) is 5.92 Å². The van der Waals surface area contributed by atoms with Gasteiger partial charge < -0.3 is 15.0 Å². The van der Waals surface area contributed by atoms with Crippen LogP contribution < -0.4 is 10.1 Å². The average Bonchev–Trinajstić information content (AvgIpc) is 2.55. The van der Waals surface area contributed by atoms with Crippen LogP contribution in [0, 0.1) is 5.92 Å². The third-order valence-electron chi connectivity index (χ3n) is 4.22. The van der Waals surface area contributed by atoms with Gasteiger partial charge in [0, 0.05) is 13.1 Å². The Labute approximate surface area is 141 Å². The van der Waals surface area contributed by atoms with E-state index in [0.29, 0.717) is 5.75 Å². The SMILES string of the molecule is CNCCC1CCN(C(=O)C(C)Oc2ccccc2Br)CC1. The number of amides is 1. The summed E-state index contributed by atoms with van der Waals surface area (Å²) in [5.41, 5.74) is 0. The van der Waals surface area contributed by atoms with Crippen LogP contribution in [0.1, 0.15) is 26.2 Å². The lowest BCUT2D eigenvalue weighted by atomic mass is 9.93. The molecule has 122 valence electrons. The molecule has 1 aromatic rings. The van der Waals surface area contributed by atoms with Crippen molar-refractivity contribution in [3.63, 3.8) is 0 Å². The summed E-state index contributed by atoms with van der Waals surface area (Å²) in [6, 6.07) is 7.63. The van der Waals surface area contributed by atoms with Gasteiger partial charge in [0.15, 0.2) is 6.10 Å². The van der Waals surface area contributed by atoms with E-state index in [9.17, 15) is 4.79 Å². The smallest absolute Gasteiger partial charge is 0.263 e. The molecule has 5 heteroatoms. The highest BCUT2D eigenvalue weighted by molar-refractivity contribution is 9.10. The van der Waals surface area contributed by atoms with Crippen molar-refractivity contribution in [2.75, 3.05) is 26.7 Å². The normalized spacial score (nSPS) is 17.3.